The largest absolute Gasteiger partial charge is 0.497 e. The van der Waals surface area contributed by atoms with E-state index in [-0.39, 0.29) is 5.57 Å². The Morgan fingerprint density at radius 2 is 1.96 bits per heavy atom. The highest BCUT2D eigenvalue weighted by Crippen LogP contribution is 2.26. The average Bonchev–Trinajstić information content (AvgIpc) is 2.59. The quantitative estimate of drug-likeness (QED) is 0.766. The standard InChI is InChI=1S/C18H13ClN2O2/c1-22-17-4-2-3-13(8-17)12-23-18-6-5-16(19)9-15(18)7-14(10-20)11-21/h2-9H,12H2,1H3. The summed E-state index contributed by atoms with van der Waals surface area (Å²) in [6.07, 6.45) is 1.45. The molecule has 0 radical (unpaired) electrons. The topological polar surface area (TPSA) is 66.0 Å². The molecule has 5 heteroatoms. The van der Waals surface area contributed by atoms with Gasteiger partial charge in [-0.25, -0.2) is 0 Å². The zero-order chi connectivity index (χ0) is 16.7. The van der Waals surface area contributed by atoms with Crippen molar-refractivity contribution in [3.63, 3.8) is 0 Å². The van der Waals surface area contributed by atoms with E-state index in [1.807, 2.05) is 36.4 Å². The summed E-state index contributed by atoms with van der Waals surface area (Å²) in [7, 11) is 1.60. The average molecular weight is 325 g/mol. The maximum Gasteiger partial charge on any atom is 0.130 e. The van der Waals surface area contributed by atoms with Crippen LogP contribution in [0.5, 0.6) is 11.5 Å². The Labute approximate surface area is 139 Å². The molecule has 0 aliphatic rings. The summed E-state index contributed by atoms with van der Waals surface area (Å²) >= 11 is 5.98. The van der Waals surface area contributed by atoms with Gasteiger partial charge >= 0.3 is 0 Å². The molecule has 2 rings (SSSR count). The van der Waals surface area contributed by atoms with Crippen molar-refractivity contribution >= 4 is 17.7 Å². The molecule has 0 N–H and O–H groups in total. The predicted molar refractivity (Wildman–Crippen MR) is 88.0 cm³/mol. The molecule has 114 valence electrons. The second kappa shape index (κ2) is 7.89. The number of rotatable bonds is 5. The highest BCUT2D eigenvalue weighted by atomic mass is 35.5. The van der Waals surface area contributed by atoms with Crippen LogP contribution in [-0.2, 0) is 6.61 Å². The van der Waals surface area contributed by atoms with Crippen molar-refractivity contribution in [3.8, 4) is 23.6 Å². The number of allylic oxidation sites excluding steroid dienone is 1. The summed E-state index contributed by atoms with van der Waals surface area (Å²) < 4.78 is 11.0. The van der Waals surface area contributed by atoms with Crippen molar-refractivity contribution in [2.24, 2.45) is 0 Å². The van der Waals surface area contributed by atoms with E-state index < -0.39 is 0 Å². The Hall–Kier alpha value is -2.95. The van der Waals surface area contributed by atoms with Gasteiger partial charge in [0.2, 0.25) is 0 Å². The van der Waals surface area contributed by atoms with Crippen LogP contribution in [0.4, 0.5) is 0 Å². The summed E-state index contributed by atoms with van der Waals surface area (Å²) in [4.78, 5) is 0. The van der Waals surface area contributed by atoms with Crippen LogP contribution in [0.2, 0.25) is 5.02 Å². The van der Waals surface area contributed by atoms with Crippen LogP contribution >= 0.6 is 11.6 Å². The number of benzene rings is 2. The maximum atomic E-state index is 8.88. The van der Waals surface area contributed by atoms with E-state index in [1.54, 1.807) is 25.3 Å². The number of hydrogen-bond acceptors (Lipinski definition) is 4. The monoisotopic (exact) mass is 324 g/mol. The lowest BCUT2D eigenvalue weighted by molar-refractivity contribution is 0.304. The number of ether oxygens (including phenoxy) is 2. The molecular weight excluding hydrogens is 312 g/mol. The second-order valence-electron chi connectivity index (χ2n) is 4.60. The fourth-order valence-electron chi connectivity index (χ4n) is 1.93. The second-order valence-corrected chi connectivity index (χ2v) is 5.04. The highest BCUT2D eigenvalue weighted by Gasteiger charge is 2.06. The smallest absolute Gasteiger partial charge is 0.130 e. The van der Waals surface area contributed by atoms with E-state index in [4.69, 9.17) is 31.6 Å². The normalized spacial score (nSPS) is 9.39. The van der Waals surface area contributed by atoms with E-state index in [9.17, 15) is 0 Å². The van der Waals surface area contributed by atoms with Crippen LogP contribution in [0.1, 0.15) is 11.1 Å². The number of halogens is 1. The van der Waals surface area contributed by atoms with E-state index in [0.29, 0.717) is 22.9 Å². The van der Waals surface area contributed by atoms with Crippen LogP contribution in [0, 0.1) is 22.7 Å². The van der Waals surface area contributed by atoms with Crippen molar-refractivity contribution < 1.29 is 9.47 Å². The third-order valence-corrected chi connectivity index (χ3v) is 3.28. The minimum absolute atomic E-state index is 0.0153. The molecule has 0 heterocycles. The fraction of sp³-hybridized carbons (Fsp3) is 0.111. The Kier molecular flexibility index (Phi) is 5.63. The molecule has 0 bridgehead atoms. The van der Waals surface area contributed by atoms with Gasteiger partial charge in [0.05, 0.1) is 7.11 Å². The summed E-state index contributed by atoms with van der Waals surface area (Å²) in [6, 6.07) is 16.2. The van der Waals surface area contributed by atoms with Gasteiger partial charge in [-0.3, -0.25) is 0 Å². The van der Waals surface area contributed by atoms with E-state index in [2.05, 4.69) is 0 Å². The lowest BCUT2D eigenvalue weighted by atomic mass is 10.1. The minimum Gasteiger partial charge on any atom is -0.497 e. The van der Waals surface area contributed by atoms with Crippen molar-refractivity contribution in [2.75, 3.05) is 7.11 Å². The summed E-state index contributed by atoms with van der Waals surface area (Å²) in [6.45, 7) is 0.327. The lowest BCUT2D eigenvalue weighted by Crippen LogP contribution is -1.97. The molecule has 2 aromatic carbocycles. The summed E-state index contributed by atoms with van der Waals surface area (Å²) in [5.41, 5.74) is 1.51. The first-order chi connectivity index (χ1) is 11.2. The molecule has 0 fully saturated rings. The van der Waals surface area contributed by atoms with E-state index in [1.165, 1.54) is 6.08 Å². The maximum absolute atomic E-state index is 8.88. The van der Waals surface area contributed by atoms with Crippen LogP contribution in [0.15, 0.2) is 48.0 Å². The number of nitrogens with zero attached hydrogens (tertiary/aromatic N) is 2. The Balaban J connectivity index is 2.25. The van der Waals surface area contributed by atoms with Crippen LogP contribution < -0.4 is 9.47 Å². The van der Waals surface area contributed by atoms with Crippen molar-refractivity contribution in [1.82, 2.24) is 0 Å². The molecule has 2 aromatic rings. The summed E-state index contributed by atoms with van der Waals surface area (Å²) in [5.74, 6) is 1.29. The molecule has 4 nitrogen and oxygen atoms in total. The molecule has 23 heavy (non-hydrogen) atoms. The van der Waals surface area contributed by atoms with Crippen LogP contribution in [0.25, 0.3) is 6.08 Å². The first-order valence-electron chi connectivity index (χ1n) is 6.73. The predicted octanol–water partition coefficient (Wildman–Crippen LogP) is 4.36. The number of nitriles is 2. The molecular formula is C18H13ClN2O2. The Morgan fingerprint density at radius 1 is 1.17 bits per heavy atom. The first-order valence-corrected chi connectivity index (χ1v) is 7.11. The Bertz CT molecular complexity index is 801. The van der Waals surface area contributed by atoms with Gasteiger partial charge in [0.15, 0.2) is 0 Å². The summed E-state index contributed by atoms with van der Waals surface area (Å²) in [5, 5.41) is 18.3. The van der Waals surface area contributed by atoms with Gasteiger partial charge in [-0.05, 0) is 42.0 Å². The van der Waals surface area contributed by atoms with Gasteiger partial charge in [0.1, 0.15) is 35.8 Å². The molecule has 0 saturated heterocycles. The van der Waals surface area contributed by atoms with Gasteiger partial charge in [-0.1, -0.05) is 23.7 Å². The van der Waals surface area contributed by atoms with Gasteiger partial charge < -0.3 is 9.47 Å². The molecule has 0 aliphatic heterocycles. The van der Waals surface area contributed by atoms with Crippen molar-refractivity contribution in [2.45, 2.75) is 6.61 Å². The van der Waals surface area contributed by atoms with Gasteiger partial charge in [0, 0.05) is 10.6 Å². The van der Waals surface area contributed by atoms with Crippen LogP contribution in [-0.4, -0.2) is 7.11 Å². The molecule has 0 aliphatic carbocycles. The first kappa shape index (κ1) is 16.4. The van der Waals surface area contributed by atoms with Gasteiger partial charge in [0.25, 0.3) is 0 Å². The number of hydrogen-bond donors (Lipinski definition) is 0. The van der Waals surface area contributed by atoms with Gasteiger partial charge in [-0.2, -0.15) is 10.5 Å². The Morgan fingerprint density at radius 3 is 2.65 bits per heavy atom. The SMILES string of the molecule is COc1cccc(COc2ccc(Cl)cc2C=C(C#N)C#N)c1. The molecule has 0 saturated carbocycles. The fourth-order valence-corrected chi connectivity index (χ4v) is 2.11. The molecule has 0 atom stereocenters. The van der Waals surface area contributed by atoms with Crippen LogP contribution in [0.3, 0.4) is 0 Å². The third-order valence-electron chi connectivity index (χ3n) is 3.04. The molecule has 0 spiro atoms. The molecule has 0 unspecified atom stereocenters. The molecule has 0 amide bonds. The van der Waals surface area contributed by atoms with Gasteiger partial charge in [-0.15, -0.1) is 0 Å². The molecule has 0 aromatic heterocycles. The zero-order valence-electron chi connectivity index (χ0n) is 12.4. The van der Waals surface area contributed by atoms with E-state index in [0.717, 1.165) is 11.3 Å². The lowest BCUT2D eigenvalue weighted by Gasteiger charge is -2.10. The van der Waals surface area contributed by atoms with E-state index >= 15 is 0 Å². The highest BCUT2D eigenvalue weighted by molar-refractivity contribution is 6.30. The van der Waals surface area contributed by atoms with Crippen molar-refractivity contribution in [1.29, 1.82) is 10.5 Å². The third kappa shape index (κ3) is 4.51. The zero-order valence-corrected chi connectivity index (χ0v) is 13.2. The minimum atomic E-state index is -0.0153. The number of methoxy groups -OCH3 is 1. The van der Waals surface area contributed by atoms with Crippen molar-refractivity contribution in [3.05, 3.63) is 64.2 Å².